The Balaban J connectivity index is 1.86. The van der Waals surface area contributed by atoms with Crippen molar-refractivity contribution in [1.29, 1.82) is 0 Å². The molecule has 0 unspecified atom stereocenters. The van der Waals surface area contributed by atoms with Gasteiger partial charge in [-0.05, 0) is 54.4 Å². The third-order valence-electron chi connectivity index (χ3n) is 5.32. The summed E-state index contributed by atoms with van der Waals surface area (Å²) < 4.78 is 18.2. The van der Waals surface area contributed by atoms with E-state index in [0.717, 1.165) is 5.56 Å². The van der Waals surface area contributed by atoms with E-state index < -0.39 is 23.7 Å². The van der Waals surface area contributed by atoms with Crippen LogP contribution in [0, 0.1) is 12.7 Å². The van der Waals surface area contributed by atoms with Crippen molar-refractivity contribution in [3.63, 3.8) is 0 Å². The molecule has 1 atom stereocenters. The van der Waals surface area contributed by atoms with Gasteiger partial charge in [0.1, 0.15) is 5.82 Å². The maximum absolute atomic E-state index is 13.5. The van der Waals surface area contributed by atoms with E-state index in [4.69, 9.17) is 4.74 Å². The van der Waals surface area contributed by atoms with Gasteiger partial charge < -0.3 is 9.84 Å². The maximum atomic E-state index is 13.5. The lowest BCUT2D eigenvalue weighted by Crippen LogP contribution is -2.30. The second-order valence-electron chi connectivity index (χ2n) is 7.30. The van der Waals surface area contributed by atoms with Crippen molar-refractivity contribution in [1.82, 2.24) is 0 Å². The molecule has 3 aromatic carbocycles. The molecule has 0 fully saturated rings. The third kappa shape index (κ3) is 3.68. The van der Waals surface area contributed by atoms with Crippen LogP contribution in [-0.4, -0.2) is 24.1 Å². The molecular formula is C25H20FNO4. The highest BCUT2D eigenvalue weighted by Crippen LogP contribution is 2.45. The van der Waals surface area contributed by atoms with Crippen LogP contribution in [0.1, 0.15) is 33.1 Å². The van der Waals surface area contributed by atoms with Crippen LogP contribution in [0.25, 0.3) is 5.57 Å². The lowest BCUT2D eigenvalue weighted by Gasteiger charge is -2.27. The van der Waals surface area contributed by atoms with Gasteiger partial charge in [-0.15, -0.1) is 0 Å². The van der Waals surface area contributed by atoms with Gasteiger partial charge in [-0.3, -0.25) is 9.69 Å². The van der Waals surface area contributed by atoms with Gasteiger partial charge in [-0.25, -0.2) is 9.18 Å². The zero-order valence-electron chi connectivity index (χ0n) is 17.0. The number of carbonyl (C=O) groups is 2. The van der Waals surface area contributed by atoms with Crippen LogP contribution in [-0.2, 0) is 9.53 Å². The summed E-state index contributed by atoms with van der Waals surface area (Å²) in [7, 11) is 1.30. The fourth-order valence-corrected chi connectivity index (χ4v) is 3.74. The number of rotatable bonds is 4. The van der Waals surface area contributed by atoms with E-state index in [0.29, 0.717) is 28.0 Å². The van der Waals surface area contributed by atoms with E-state index in [9.17, 15) is 19.1 Å². The molecule has 31 heavy (non-hydrogen) atoms. The molecule has 0 aliphatic carbocycles. The molecular weight excluding hydrogens is 397 g/mol. The van der Waals surface area contributed by atoms with Crippen LogP contribution < -0.4 is 4.90 Å². The van der Waals surface area contributed by atoms with Crippen LogP contribution in [0.5, 0.6) is 0 Å². The summed E-state index contributed by atoms with van der Waals surface area (Å²) in [5, 5.41) is 10.8. The smallest absolute Gasteiger partial charge is 0.337 e. The number of anilines is 1. The molecule has 0 aromatic heterocycles. The summed E-state index contributed by atoms with van der Waals surface area (Å²) in [6.45, 7) is 1.95. The van der Waals surface area contributed by atoms with E-state index >= 15 is 0 Å². The quantitative estimate of drug-likeness (QED) is 0.608. The molecule has 1 amide bonds. The molecule has 1 aliphatic heterocycles. The molecule has 0 saturated heterocycles. The number of nitrogens with zero attached hydrogens (tertiary/aromatic N) is 1. The van der Waals surface area contributed by atoms with E-state index in [-0.39, 0.29) is 5.76 Å². The standard InChI is InChI=1S/C25H20FNO4/c1-15-3-5-16(6-4-15)21-22(17-7-9-18(10-8-17)25(30)31-2)27(24(29)23(21)28)20-13-11-19(26)12-14-20/h3-14,22,28H,1-2H3/t22-/m1/s1. The Kier molecular flexibility index (Phi) is 5.29. The Morgan fingerprint density at radius 1 is 0.968 bits per heavy atom. The molecule has 0 saturated carbocycles. The lowest BCUT2D eigenvalue weighted by atomic mass is 9.92. The minimum absolute atomic E-state index is 0.366. The van der Waals surface area contributed by atoms with Crippen LogP contribution in [0.3, 0.4) is 0 Å². The lowest BCUT2D eigenvalue weighted by molar-refractivity contribution is -0.117. The van der Waals surface area contributed by atoms with Crippen LogP contribution >= 0.6 is 0 Å². The van der Waals surface area contributed by atoms with Crippen LogP contribution in [0.15, 0.2) is 78.6 Å². The van der Waals surface area contributed by atoms with Crippen molar-refractivity contribution < 1.29 is 23.8 Å². The van der Waals surface area contributed by atoms with Gasteiger partial charge in [0.25, 0.3) is 5.91 Å². The van der Waals surface area contributed by atoms with Crippen molar-refractivity contribution in [2.24, 2.45) is 0 Å². The van der Waals surface area contributed by atoms with Crippen LogP contribution in [0.2, 0.25) is 0 Å². The predicted molar refractivity (Wildman–Crippen MR) is 115 cm³/mol. The van der Waals surface area contributed by atoms with Crippen molar-refractivity contribution in [3.8, 4) is 0 Å². The summed E-state index contributed by atoms with van der Waals surface area (Å²) in [5.74, 6) is -1.84. The number of esters is 1. The number of halogens is 1. The van der Waals surface area contributed by atoms with E-state index in [1.54, 1.807) is 24.3 Å². The molecule has 6 heteroatoms. The van der Waals surface area contributed by atoms with Gasteiger partial charge >= 0.3 is 5.97 Å². The number of aryl methyl sites for hydroxylation is 1. The number of methoxy groups -OCH3 is 1. The largest absolute Gasteiger partial charge is 0.503 e. The Bertz CT molecular complexity index is 1170. The number of hydrogen-bond acceptors (Lipinski definition) is 4. The minimum atomic E-state index is -0.660. The molecule has 4 rings (SSSR count). The first-order chi connectivity index (χ1) is 14.9. The number of hydrogen-bond donors (Lipinski definition) is 1. The average molecular weight is 417 g/mol. The fraction of sp³-hybridized carbons (Fsp3) is 0.120. The molecule has 1 N–H and O–H groups in total. The van der Waals surface area contributed by atoms with Gasteiger partial charge in [0.15, 0.2) is 5.76 Å². The summed E-state index contributed by atoms with van der Waals surface area (Å²) in [5.41, 5.74) is 3.69. The molecule has 156 valence electrons. The minimum Gasteiger partial charge on any atom is -0.503 e. The van der Waals surface area contributed by atoms with Gasteiger partial charge in [0.2, 0.25) is 0 Å². The van der Waals surface area contributed by atoms with E-state index in [1.165, 1.54) is 36.3 Å². The number of aliphatic hydroxyl groups excluding tert-OH is 1. The maximum Gasteiger partial charge on any atom is 0.337 e. The summed E-state index contributed by atoms with van der Waals surface area (Å²) in [4.78, 5) is 26.3. The van der Waals surface area contributed by atoms with Gasteiger partial charge in [-0.2, -0.15) is 0 Å². The number of aliphatic hydroxyl groups is 1. The molecule has 1 aliphatic rings. The summed E-state index contributed by atoms with van der Waals surface area (Å²) in [6.07, 6.45) is 0. The highest BCUT2D eigenvalue weighted by Gasteiger charge is 2.42. The zero-order chi connectivity index (χ0) is 22.1. The van der Waals surface area contributed by atoms with Gasteiger partial charge in [0.05, 0.1) is 18.7 Å². The van der Waals surface area contributed by atoms with Gasteiger partial charge in [0, 0.05) is 11.3 Å². The Morgan fingerprint density at radius 3 is 2.16 bits per heavy atom. The second-order valence-corrected chi connectivity index (χ2v) is 7.30. The topological polar surface area (TPSA) is 66.8 Å². The summed E-state index contributed by atoms with van der Waals surface area (Å²) in [6, 6.07) is 19.0. The predicted octanol–water partition coefficient (Wildman–Crippen LogP) is 4.98. The van der Waals surface area contributed by atoms with Gasteiger partial charge in [-0.1, -0.05) is 42.0 Å². The third-order valence-corrected chi connectivity index (χ3v) is 5.32. The molecule has 0 spiro atoms. The highest BCUT2D eigenvalue weighted by molar-refractivity contribution is 6.16. The SMILES string of the molecule is COC(=O)c1ccc([C@@H]2C(c3ccc(C)cc3)=C(O)C(=O)N2c2ccc(F)cc2)cc1. The van der Waals surface area contributed by atoms with Crippen LogP contribution in [0.4, 0.5) is 10.1 Å². The summed E-state index contributed by atoms with van der Waals surface area (Å²) >= 11 is 0. The Labute approximate surface area is 179 Å². The first-order valence-electron chi connectivity index (χ1n) is 9.68. The highest BCUT2D eigenvalue weighted by atomic mass is 19.1. The fourth-order valence-electron chi connectivity index (χ4n) is 3.74. The number of benzene rings is 3. The van der Waals surface area contributed by atoms with E-state index in [1.807, 2.05) is 31.2 Å². The zero-order valence-corrected chi connectivity index (χ0v) is 17.0. The van der Waals surface area contributed by atoms with Crippen molar-refractivity contribution in [3.05, 3.63) is 107 Å². The molecule has 3 aromatic rings. The molecule has 0 bridgehead atoms. The average Bonchev–Trinajstić information content (AvgIpc) is 3.05. The number of ether oxygens (including phenoxy) is 1. The molecule has 5 nitrogen and oxygen atoms in total. The molecule has 0 radical (unpaired) electrons. The van der Waals surface area contributed by atoms with E-state index in [2.05, 4.69) is 0 Å². The Hall–Kier alpha value is -3.93. The van der Waals surface area contributed by atoms with Crippen molar-refractivity contribution in [2.75, 3.05) is 12.0 Å². The first kappa shape index (κ1) is 20.3. The number of amides is 1. The Morgan fingerprint density at radius 2 is 1.58 bits per heavy atom. The number of carbonyl (C=O) groups excluding carboxylic acids is 2. The normalized spacial score (nSPS) is 16.0. The van der Waals surface area contributed by atoms with Crippen molar-refractivity contribution >= 4 is 23.1 Å². The first-order valence-corrected chi connectivity index (χ1v) is 9.68. The second kappa shape index (κ2) is 8.07. The molecule has 1 heterocycles. The monoisotopic (exact) mass is 417 g/mol. The van der Waals surface area contributed by atoms with Crippen molar-refractivity contribution in [2.45, 2.75) is 13.0 Å².